The smallest absolute Gasteiger partial charge is 0.333 e. The number of ether oxygens (including phenoxy) is 1. The average Bonchev–Trinajstić information content (AvgIpc) is 2.95. The van der Waals surface area contributed by atoms with E-state index in [2.05, 4.69) is 4.98 Å². The summed E-state index contributed by atoms with van der Waals surface area (Å²) >= 11 is 0. The lowest BCUT2D eigenvalue weighted by Crippen LogP contribution is -2.31. The summed E-state index contributed by atoms with van der Waals surface area (Å²) in [5.74, 6) is 1.03. The Hall–Kier alpha value is -2.60. The number of aromatic nitrogens is 3. The maximum absolute atomic E-state index is 13.2. The maximum atomic E-state index is 13.2. The van der Waals surface area contributed by atoms with Crippen LogP contribution in [0.25, 0.3) is 16.7 Å². The van der Waals surface area contributed by atoms with Crippen molar-refractivity contribution >= 4 is 11.0 Å². The molecule has 1 saturated carbocycles. The summed E-state index contributed by atoms with van der Waals surface area (Å²) in [5.41, 5.74) is 8.61. The number of hydrogen-bond donors (Lipinski definition) is 1. The topological polar surface area (TPSA) is 75.1 Å². The van der Waals surface area contributed by atoms with Gasteiger partial charge in [-0.15, -0.1) is 0 Å². The van der Waals surface area contributed by atoms with Crippen molar-refractivity contribution in [2.45, 2.75) is 38.3 Å². The van der Waals surface area contributed by atoms with E-state index in [0.717, 1.165) is 48.9 Å². The highest BCUT2D eigenvalue weighted by atomic mass is 16.5. The van der Waals surface area contributed by atoms with Crippen LogP contribution in [0.4, 0.5) is 0 Å². The lowest BCUT2D eigenvalue weighted by molar-refractivity contribution is 0.294. The molecular weight excluding hydrogens is 328 g/mol. The second-order valence-electron chi connectivity index (χ2n) is 7.06. The van der Waals surface area contributed by atoms with Crippen LogP contribution in [0.3, 0.4) is 0 Å². The summed E-state index contributed by atoms with van der Waals surface area (Å²) in [7, 11) is 1.58. The number of para-hydroxylation sites is 2. The van der Waals surface area contributed by atoms with Crippen LogP contribution in [0.5, 0.6) is 5.88 Å². The molecule has 0 atom stereocenters. The predicted octanol–water partition coefficient (Wildman–Crippen LogP) is 2.71. The van der Waals surface area contributed by atoms with Crippen molar-refractivity contribution in [3.05, 3.63) is 53.1 Å². The molecule has 4 rings (SSSR count). The van der Waals surface area contributed by atoms with Crippen LogP contribution in [0.15, 0.2) is 47.4 Å². The fourth-order valence-electron chi connectivity index (χ4n) is 3.89. The SMILES string of the molecule is COc1ccc(-n2c(=O)n(CC3CCC(N)CC3)c3ccccc32)cn1. The van der Waals surface area contributed by atoms with Crippen LogP contribution in [-0.2, 0) is 6.54 Å². The Labute approximate surface area is 152 Å². The summed E-state index contributed by atoms with van der Waals surface area (Å²) in [6.45, 7) is 0.739. The Kier molecular flexibility index (Phi) is 4.51. The van der Waals surface area contributed by atoms with Crippen LogP contribution < -0.4 is 16.2 Å². The molecule has 1 fully saturated rings. The fraction of sp³-hybridized carbons (Fsp3) is 0.400. The van der Waals surface area contributed by atoms with Gasteiger partial charge in [0.05, 0.1) is 30.0 Å². The Morgan fingerprint density at radius 3 is 2.50 bits per heavy atom. The molecule has 0 spiro atoms. The molecule has 26 heavy (non-hydrogen) atoms. The summed E-state index contributed by atoms with van der Waals surface area (Å²) < 4.78 is 8.76. The molecule has 0 amide bonds. The number of benzene rings is 1. The van der Waals surface area contributed by atoms with Crippen LogP contribution in [0.1, 0.15) is 25.7 Å². The second-order valence-corrected chi connectivity index (χ2v) is 7.06. The van der Waals surface area contributed by atoms with E-state index < -0.39 is 0 Å². The van der Waals surface area contributed by atoms with E-state index >= 15 is 0 Å². The van der Waals surface area contributed by atoms with Crippen molar-refractivity contribution in [3.8, 4) is 11.6 Å². The first-order chi connectivity index (χ1) is 12.7. The highest BCUT2D eigenvalue weighted by molar-refractivity contribution is 5.78. The van der Waals surface area contributed by atoms with E-state index in [9.17, 15) is 4.79 Å². The van der Waals surface area contributed by atoms with Crippen LogP contribution >= 0.6 is 0 Å². The van der Waals surface area contributed by atoms with E-state index in [0.29, 0.717) is 17.8 Å². The molecular formula is C20H24N4O2. The number of pyridine rings is 1. The summed E-state index contributed by atoms with van der Waals surface area (Å²) in [6.07, 6.45) is 5.92. The Morgan fingerprint density at radius 2 is 1.85 bits per heavy atom. The standard InChI is InChI=1S/C20H24N4O2/c1-26-19-11-10-16(12-22-19)24-18-5-3-2-4-17(18)23(20(24)25)13-14-6-8-15(21)9-7-14/h2-5,10-12,14-15H,6-9,13,21H2,1H3. The lowest BCUT2D eigenvalue weighted by atomic mass is 9.86. The lowest BCUT2D eigenvalue weighted by Gasteiger charge is -2.26. The van der Waals surface area contributed by atoms with Crippen molar-refractivity contribution in [1.82, 2.24) is 14.1 Å². The Bertz CT molecular complexity index is 950. The number of hydrogen-bond acceptors (Lipinski definition) is 4. The zero-order chi connectivity index (χ0) is 18.1. The van der Waals surface area contributed by atoms with Gasteiger partial charge >= 0.3 is 5.69 Å². The van der Waals surface area contributed by atoms with Gasteiger partial charge in [-0.25, -0.2) is 9.78 Å². The quantitative estimate of drug-likeness (QED) is 0.783. The normalized spacial score (nSPS) is 20.4. The number of methoxy groups -OCH3 is 1. The minimum Gasteiger partial charge on any atom is -0.481 e. The van der Waals surface area contributed by atoms with E-state index in [4.69, 9.17) is 10.5 Å². The third-order valence-corrected chi connectivity index (χ3v) is 5.36. The van der Waals surface area contributed by atoms with Crippen molar-refractivity contribution in [1.29, 1.82) is 0 Å². The molecule has 6 heteroatoms. The van der Waals surface area contributed by atoms with Gasteiger partial charge in [0.25, 0.3) is 0 Å². The molecule has 1 aliphatic carbocycles. The van der Waals surface area contributed by atoms with Crippen molar-refractivity contribution in [2.75, 3.05) is 7.11 Å². The molecule has 2 N–H and O–H groups in total. The summed E-state index contributed by atoms with van der Waals surface area (Å²) in [4.78, 5) is 17.5. The molecule has 0 bridgehead atoms. The highest BCUT2D eigenvalue weighted by Gasteiger charge is 2.22. The predicted molar refractivity (Wildman–Crippen MR) is 102 cm³/mol. The molecule has 136 valence electrons. The highest BCUT2D eigenvalue weighted by Crippen LogP contribution is 2.26. The molecule has 1 aliphatic rings. The molecule has 2 heterocycles. The van der Waals surface area contributed by atoms with Gasteiger partial charge in [0, 0.05) is 18.7 Å². The number of fused-ring (bicyclic) bond motifs is 1. The number of nitrogens with two attached hydrogens (primary N) is 1. The van der Waals surface area contributed by atoms with E-state index in [1.165, 1.54) is 0 Å². The monoisotopic (exact) mass is 352 g/mol. The molecule has 0 aliphatic heterocycles. The first-order valence-corrected chi connectivity index (χ1v) is 9.13. The average molecular weight is 352 g/mol. The molecule has 0 unspecified atom stereocenters. The van der Waals surface area contributed by atoms with Gasteiger partial charge in [0.2, 0.25) is 5.88 Å². The van der Waals surface area contributed by atoms with Crippen LogP contribution in [0.2, 0.25) is 0 Å². The van der Waals surface area contributed by atoms with Crippen molar-refractivity contribution < 1.29 is 4.74 Å². The molecule has 2 aromatic heterocycles. The van der Waals surface area contributed by atoms with Gasteiger partial charge < -0.3 is 10.5 Å². The third kappa shape index (κ3) is 3.01. The minimum atomic E-state index is -0.0203. The summed E-state index contributed by atoms with van der Waals surface area (Å²) in [6, 6.07) is 11.9. The van der Waals surface area contributed by atoms with Gasteiger partial charge in [0.15, 0.2) is 0 Å². The third-order valence-electron chi connectivity index (χ3n) is 5.36. The maximum Gasteiger partial charge on any atom is 0.333 e. The van der Waals surface area contributed by atoms with E-state index in [1.807, 2.05) is 34.9 Å². The molecule has 1 aromatic carbocycles. The van der Waals surface area contributed by atoms with Gasteiger partial charge in [0.1, 0.15) is 0 Å². The van der Waals surface area contributed by atoms with Crippen LogP contribution in [-0.4, -0.2) is 27.3 Å². The number of rotatable bonds is 4. The van der Waals surface area contributed by atoms with Gasteiger partial charge in [-0.3, -0.25) is 9.13 Å². The molecule has 3 aromatic rings. The van der Waals surface area contributed by atoms with Crippen molar-refractivity contribution in [3.63, 3.8) is 0 Å². The Balaban J connectivity index is 1.76. The fourth-order valence-corrected chi connectivity index (χ4v) is 3.89. The zero-order valence-corrected chi connectivity index (χ0v) is 15.0. The van der Waals surface area contributed by atoms with Crippen LogP contribution in [0, 0.1) is 5.92 Å². The summed E-state index contributed by atoms with van der Waals surface area (Å²) in [5, 5.41) is 0. The number of imidazole rings is 1. The molecule has 0 saturated heterocycles. The van der Waals surface area contributed by atoms with Gasteiger partial charge in [-0.05, 0) is 49.8 Å². The van der Waals surface area contributed by atoms with E-state index in [1.54, 1.807) is 23.9 Å². The van der Waals surface area contributed by atoms with Gasteiger partial charge in [-0.2, -0.15) is 0 Å². The largest absolute Gasteiger partial charge is 0.481 e. The second kappa shape index (κ2) is 6.96. The Morgan fingerprint density at radius 1 is 1.12 bits per heavy atom. The first kappa shape index (κ1) is 16.8. The number of nitrogens with zero attached hydrogens (tertiary/aromatic N) is 3. The molecule has 0 radical (unpaired) electrons. The van der Waals surface area contributed by atoms with E-state index in [-0.39, 0.29) is 5.69 Å². The minimum absolute atomic E-state index is 0.0203. The first-order valence-electron chi connectivity index (χ1n) is 9.13. The van der Waals surface area contributed by atoms with Gasteiger partial charge in [-0.1, -0.05) is 12.1 Å². The molecule has 6 nitrogen and oxygen atoms in total. The van der Waals surface area contributed by atoms with Crippen molar-refractivity contribution in [2.24, 2.45) is 11.7 Å². The zero-order valence-electron chi connectivity index (χ0n) is 15.0.